The molecule has 2 aliphatic heterocycles. The molecule has 9 nitrogen and oxygen atoms in total. The second-order valence-corrected chi connectivity index (χ2v) is 11.1. The summed E-state index contributed by atoms with van der Waals surface area (Å²) in [5.41, 5.74) is 11.3. The zero-order valence-electron chi connectivity index (χ0n) is 19.6. The van der Waals surface area contributed by atoms with Gasteiger partial charge in [-0.3, -0.25) is 19.2 Å². The second kappa shape index (κ2) is 9.17. The second-order valence-electron chi connectivity index (χ2n) is 11.1. The molecule has 2 heterocycles. The number of likely N-dealkylation sites (tertiary alicyclic amines) is 1. The van der Waals surface area contributed by atoms with Crippen molar-refractivity contribution in [3.63, 3.8) is 0 Å². The van der Waals surface area contributed by atoms with Gasteiger partial charge in [-0.1, -0.05) is 34.6 Å². The minimum Gasteiger partial charge on any atom is -0.368 e. The van der Waals surface area contributed by atoms with Crippen molar-refractivity contribution in [3.8, 4) is 0 Å². The van der Waals surface area contributed by atoms with E-state index in [2.05, 4.69) is 24.5 Å². The highest BCUT2D eigenvalue weighted by molar-refractivity contribution is 5.94. The largest absolute Gasteiger partial charge is 0.368 e. The van der Waals surface area contributed by atoms with Gasteiger partial charge in [0.15, 0.2) is 0 Å². The van der Waals surface area contributed by atoms with Crippen LogP contribution in [0.2, 0.25) is 0 Å². The fraction of sp³-hybridized carbons (Fsp3) is 0.818. The maximum atomic E-state index is 13.3. The Hall–Kier alpha value is -1.87. The van der Waals surface area contributed by atoms with Crippen LogP contribution in [0.15, 0.2) is 0 Å². The van der Waals surface area contributed by atoms with Crippen molar-refractivity contribution in [1.82, 2.24) is 15.5 Å². The number of nitrogens with two attached hydrogens (primary N) is 2. The number of hydrogen-bond donors (Lipinski definition) is 4. The summed E-state index contributed by atoms with van der Waals surface area (Å²) >= 11 is 0. The first kappa shape index (κ1) is 26.4. The van der Waals surface area contributed by atoms with Gasteiger partial charge in [0, 0.05) is 19.0 Å². The molecule has 0 radical (unpaired) electrons. The van der Waals surface area contributed by atoms with Crippen molar-refractivity contribution < 1.29 is 19.2 Å². The van der Waals surface area contributed by atoms with Gasteiger partial charge in [0.25, 0.3) is 0 Å². The molecule has 0 aromatic heterocycles. The van der Waals surface area contributed by atoms with Crippen LogP contribution in [0.5, 0.6) is 0 Å². The third kappa shape index (κ3) is 4.88. The lowest BCUT2D eigenvalue weighted by Crippen LogP contribution is -2.59. The fourth-order valence-electron chi connectivity index (χ4n) is 5.21. The van der Waals surface area contributed by atoms with E-state index in [1.165, 1.54) is 0 Å². The predicted octanol–water partition coefficient (Wildman–Crippen LogP) is 0.151. The molecule has 6 atom stereocenters. The molecule has 0 spiro atoms. The Morgan fingerprint density at radius 2 is 1.91 bits per heavy atom. The maximum absolute atomic E-state index is 13.3. The first-order valence-corrected chi connectivity index (χ1v) is 11.2. The van der Waals surface area contributed by atoms with Gasteiger partial charge in [-0.25, -0.2) is 0 Å². The Bertz CT molecular complexity index is 781. The van der Waals surface area contributed by atoms with Crippen LogP contribution in [0.3, 0.4) is 0 Å². The van der Waals surface area contributed by atoms with Crippen LogP contribution < -0.4 is 22.1 Å². The van der Waals surface area contributed by atoms with E-state index < -0.39 is 35.4 Å². The van der Waals surface area contributed by atoms with Crippen molar-refractivity contribution in [2.24, 2.45) is 40.1 Å². The number of carbonyl (C=O) groups excluding carboxylic acids is 4. The van der Waals surface area contributed by atoms with Crippen LogP contribution >= 0.6 is 12.4 Å². The normalized spacial score (nSPS) is 30.3. The number of hydrogen-bond acceptors (Lipinski definition) is 5. The summed E-state index contributed by atoms with van der Waals surface area (Å²) in [5, 5.41) is 5.54. The van der Waals surface area contributed by atoms with Crippen molar-refractivity contribution >= 4 is 36.0 Å². The molecule has 0 unspecified atom stereocenters. The zero-order valence-corrected chi connectivity index (χ0v) is 20.5. The molecule has 4 amide bonds. The lowest BCUT2D eigenvalue weighted by Gasteiger charge is -2.36. The summed E-state index contributed by atoms with van der Waals surface area (Å²) in [6.45, 7) is 11.0. The third-order valence-electron chi connectivity index (χ3n) is 7.54. The van der Waals surface area contributed by atoms with Gasteiger partial charge >= 0.3 is 0 Å². The highest BCUT2D eigenvalue weighted by Gasteiger charge is 2.69. The van der Waals surface area contributed by atoms with Crippen LogP contribution in [0.1, 0.15) is 53.9 Å². The van der Waals surface area contributed by atoms with E-state index in [1.54, 1.807) is 4.90 Å². The van der Waals surface area contributed by atoms with E-state index in [0.29, 0.717) is 19.5 Å². The monoisotopic (exact) mass is 471 g/mol. The Labute approximate surface area is 196 Å². The van der Waals surface area contributed by atoms with Crippen LogP contribution in [0.25, 0.3) is 0 Å². The predicted molar refractivity (Wildman–Crippen MR) is 122 cm³/mol. The summed E-state index contributed by atoms with van der Waals surface area (Å²) in [7, 11) is 0. The van der Waals surface area contributed by atoms with Crippen LogP contribution in [0, 0.1) is 28.6 Å². The molecule has 10 heteroatoms. The Balaban J connectivity index is 0.00000363. The lowest BCUT2D eigenvalue weighted by molar-refractivity contribution is -0.143. The summed E-state index contributed by atoms with van der Waals surface area (Å²) in [6.07, 6.45) is 1.63. The van der Waals surface area contributed by atoms with Gasteiger partial charge < -0.3 is 27.0 Å². The fourth-order valence-corrected chi connectivity index (χ4v) is 5.21. The Kier molecular flexibility index (Phi) is 7.56. The van der Waals surface area contributed by atoms with Gasteiger partial charge in [0.05, 0.1) is 6.04 Å². The summed E-state index contributed by atoms with van der Waals surface area (Å²) in [6, 6.07) is -2.39. The highest BCUT2D eigenvalue weighted by atomic mass is 35.5. The molecule has 0 aromatic rings. The number of primary amides is 1. The molecule has 0 aromatic carbocycles. The first-order valence-electron chi connectivity index (χ1n) is 11.2. The van der Waals surface area contributed by atoms with E-state index in [4.69, 9.17) is 11.5 Å². The number of piperidine rings is 2. The number of nitrogens with zero attached hydrogens (tertiary/aromatic N) is 1. The Morgan fingerprint density at radius 1 is 1.28 bits per heavy atom. The van der Waals surface area contributed by atoms with Crippen LogP contribution in [0.4, 0.5) is 0 Å². The summed E-state index contributed by atoms with van der Waals surface area (Å²) < 4.78 is 0. The van der Waals surface area contributed by atoms with Crippen molar-refractivity contribution in [2.75, 3.05) is 13.1 Å². The highest BCUT2D eigenvalue weighted by Crippen LogP contribution is 2.65. The van der Waals surface area contributed by atoms with Gasteiger partial charge in [0.1, 0.15) is 12.1 Å². The average molecular weight is 472 g/mol. The third-order valence-corrected chi connectivity index (χ3v) is 7.54. The smallest absolute Gasteiger partial charge is 0.243 e. The number of amides is 4. The molecule has 1 aliphatic carbocycles. The molecule has 6 N–H and O–H groups in total. The molecule has 2 saturated heterocycles. The molecule has 3 aliphatic rings. The molecular weight excluding hydrogens is 434 g/mol. The number of rotatable bonds is 6. The van der Waals surface area contributed by atoms with E-state index >= 15 is 0 Å². The van der Waals surface area contributed by atoms with E-state index in [-0.39, 0.29) is 53.8 Å². The molecule has 1 saturated carbocycles. The topological polar surface area (TPSA) is 148 Å². The Morgan fingerprint density at radius 3 is 2.44 bits per heavy atom. The molecule has 3 fully saturated rings. The lowest BCUT2D eigenvalue weighted by atomic mass is 9.86. The minimum absolute atomic E-state index is 0. The number of carbonyl (C=O) groups is 4. The molecule has 32 heavy (non-hydrogen) atoms. The van der Waals surface area contributed by atoms with Gasteiger partial charge in [-0.2, -0.15) is 0 Å². The summed E-state index contributed by atoms with van der Waals surface area (Å²) in [4.78, 5) is 52.2. The average Bonchev–Trinajstić information content (AvgIpc) is 3.02. The minimum atomic E-state index is -0.962. The number of halogens is 1. The summed E-state index contributed by atoms with van der Waals surface area (Å²) in [5.74, 6) is -1.59. The van der Waals surface area contributed by atoms with E-state index in [1.807, 2.05) is 20.8 Å². The molecule has 0 bridgehead atoms. The van der Waals surface area contributed by atoms with Crippen molar-refractivity contribution in [1.29, 1.82) is 0 Å². The van der Waals surface area contributed by atoms with Crippen molar-refractivity contribution in [3.05, 3.63) is 0 Å². The number of nitrogens with one attached hydrogen (secondary N) is 2. The molecular formula is C22H38ClN5O4. The first-order chi connectivity index (χ1) is 14.3. The maximum Gasteiger partial charge on any atom is 0.243 e. The zero-order chi connectivity index (χ0) is 23.3. The van der Waals surface area contributed by atoms with E-state index in [9.17, 15) is 19.2 Å². The van der Waals surface area contributed by atoms with Crippen LogP contribution in [-0.2, 0) is 19.2 Å². The van der Waals surface area contributed by atoms with Crippen LogP contribution in [-0.4, -0.2) is 59.7 Å². The van der Waals surface area contributed by atoms with E-state index in [0.717, 1.165) is 6.42 Å². The molecule has 3 rings (SSSR count). The van der Waals surface area contributed by atoms with Crippen molar-refractivity contribution in [2.45, 2.75) is 72.0 Å². The number of fused-ring (bicyclic) bond motifs is 1. The van der Waals surface area contributed by atoms with Gasteiger partial charge in [-0.05, 0) is 41.9 Å². The van der Waals surface area contributed by atoms with Gasteiger partial charge in [0.2, 0.25) is 23.6 Å². The van der Waals surface area contributed by atoms with Gasteiger partial charge in [-0.15, -0.1) is 12.4 Å². The molecule has 182 valence electrons. The standard InChI is InChI=1S/C22H37N5O4.ClH/c1-21(2,3)16(23)20(31)27-10-12-14(22(12,4)5)15(27)19(30)26-13(17(24)28)9-11-7-6-8-25-18(11)29;/h11-16H,6-10,23H2,1-5H3,(H2,24,28)(H,25,29)(H,26,30);1H/t11-,12-,13-,14-,15-,16+;/m0./s1. The quantitative estimate of drug-likeness (QED) is 0.435. The SMILES string of the molecule is CC(C)(C)[C@H](N)C(=O)N1C[C@H]2[C@@H]([C@H]1C(=O)N[C@@H](C[C@@H]1CCCNC1=O)C(N)=O)C2(C)C.Cl.